The fourth-order valence-corrected chi connectivity index (χ4v) is 1.24. The molecule has 3 nitrogen and oxygen atoms in total. The van der Waals surface area contributed by atoms with Crippen LogP contribution in [-0.4, -0.2) is 23.5 Å². The minimum atomic E-state index is -2.06. The number of aromatic amines is 1. The summed E-state index contributed by atoms with van der Waals surface area (Å²) in [7, 11) is -2.06. The average molecular weight is 144 g/mol. The first-order valence-corrected chi connectivity index (χ1v) is 5.25. The molecular weight excluding hydrogens is 135 g/mol. The zero-order chi connectivity index (χ0) is 6.91. The highest BCUT2D eigenvalue weighted by Crippen LogP contribution is 2.33. The molecule has 50 valence electrons. The Morgan fingerprint density at radius 2 is 2.33 bits per heavy atom. The van der Waals surface area contributed by atoms with Gasteiger partial charge in [-0.05, 0) is 13.3 Å². The Labute approximate surface area is 53.8 Å². The fourth-order valence-electron chi connectivity index (χ4n) is 0.539. The van der Waals surface area contributed by atoms with E-state index in [1.807, 2.05) is 0 Å². The second-order valence-electron chi connectivity index (χ2n) is 2.31. The molecule has 0 amide bonds. The minimum Gasteiger partial charge on any atom is -0.319 e. The molecule has 4 heteroatoms. The lowest BCUT2D eigenvalue weighted by atomic mass is 10.7. The lowest BCUT2D eigenvalue weighted by Crippen LogP contribution is -1.97. The Hall–Kier alpha value is -0.560. The lowest BCUT2D eigenvalue weighted by molar-refractivity contribution is 0.588. The van der Waals surface area contributed by atoms with Gasteiger partial charge in [-0.15, -0.1) is 0 Å². The van der Waals surface area contributed by atoms with Gasteiger partial charge in [-0.1, -0.05) is 0 Å². The van der Waals surface area contributed by atoms with E-state index < -0.39 is 7.14 Å². The first-order valence-electron chi connectivity index (χ1n) is 2.65. The van der Waals surface area contributed by atoms with Crippen LogP contribution in [0.5, 0.6) is 0 Å². The largest absolute Gasteiger partial charge is 0.319 e. The molecule has 1 N–H and O–H groups in total. The van der Waals surface area contributed by atoms with Gasteiger partial charge < -0.3 is 4.57 Å². The zero-order valence-corrected chi connectivity index (χ0v) is 6.35. The van der Waals surface area contributed by atoms with E-state index in [0.29, 0.717) is 0 Å². The van der Waals surface area contributed by atoms with Crippen LogP contribution in [0.1, 0.15) is 0 Å². The van der Waals surface area contributed by atoms with Crippen LogP contribution >= 0.6 is 7.14 Å². The number of hydrogen-bond donors (Lipinski definition) is 1. The van der Waals surface area contributed by atoms with Crippen LogP contribution in [-0.2, 0) is 4.57 Å². The van der Waals surface area contributed by atoms with Gasteiger partial charge >= 0.3 is 0 Å². The Morgan fingerprint density at radius 1 is 1.67 bits per heavy atom. The predicted molar refractivity (Wildman–Crippen MR) is 37.7 cm³/mol. The van der Waals surface area contributed by atoms with E-state index in [4.69, 9.17) is 0 Å². The number of H-pyrrole nitrogens is 1. The number of nitrogens with one attached hydrogen (secondary N) is 1. The monoisotopic (exact) mass is 144 g/mol. The zero-order valence-electron chi connectivity index (χ0n) is 5.46. The van der Waals surface area contributed by atoms with Crippen molar-refractivity contribution >= 4 is 12.4 Å². The van der Waals surface area contributed by atoms with Crippen molar-refractivity contribution in [3.8, 4) is 0 Å². The van der Waals surface area contributed by atoms with Crippen LogP contribution in [0.3, 0.4) is 0 Å². The van der Waals surface area contributed by atoms with E-state index in [9.17, 15) is 4.57 Å². The molecule has 0 atom stereocenters. The normalized spacial score (nSPS) is 11.8. The van der Waals surface area contributed by atoms with E-state index >= 15 is 0 Å². The maximum atomic E-state index is 11.2. The maximum absolute atomic E-state index is 11.2. The van der Waals surface area contributed by atoms with Crippen molar-refractivity contribution in [3.63, 3.8) is 0 Å². The van der Waals surface area contributed by atoms with Gasteiger partial charge in [0.05, 0.1) is 6.20 Å². The van der Waals surface area contributed by atoms with Crippen molar-refractivity contribution in [2.45, 2.75) is 0 Å². The van der Waals surface area contributed by atoms with Gasteiger partial charge in [-0.2, -0.15) is 5.10 Å². The Kier molecular flexibility index (Phi) is 1.45. The summed E-state index contributed by atoms with van der Waals surface area (Å²) in [6, 6.07) is 0. The molecule has 0 fully saturated rings. The molecular formula is C5H9N2OP. The first kappa shape index (κ1) is 6.56. The van der Waals surface area contributed by atoms with Crippen LogP contribution < -0.4 is 5.30 Å². The predicted octanol–water partition coefficient (Wildman–Crippen LogP) is 0.658. The summed E-state index contributed by atoms with van der Waals surface area (Å²) >= 11 is 0. The van der Waals surface area contributed by atoms with Crippen molar-refractivity contribution < 1.29 is 4.57 Å². The average Bonchev–Trinajstić information content (AvgIpc) is 2.08. The van der Waals surface area contributed by atoms with Gasteiger partial charge in [0.15, 0.2) is 0 Å². The van der Waals surface area contributed by atoms with Gasteiger partial charge in [-0.25, -0.2) is 0 Å². The van der Waals surface area contributed by atoms with E-state index in [0.717, 1.165) is 5.30 Å². The highest BCUT2D eigenvalue weighted by molar-refractivity contribution is 7.70. The lowest BCUT2D eigenvalue weighted by Gasteiger charge is -1.98. The van der Waals surface area contributed by atoms with Crippen LogP contribution in [0, 0.1) is 0 Å². The minimum absolute atomic E-state index is 0.808. The third kappa shape index (κ3) is 1.42. The summed E-state index contributed by atoms with van der Waals surface area (Å²) in [6.45, 7) is 3.44. The Bertz CT molecular complexity index is 223. The molecule has 1 aromatic heterocycles. The topological polar surface area (TPSA) is 45.8 Å². The highest BCUT2D eigenvalue weighted by atomic mass is 31.2. The summed E-state index contributed by atoms with van der Waals surface area (Å²) in [5.41, 5.74) is 0. The van der Waals surface area contributed by atoms with Gasteiger partial charge in [-0.3, -0.25) is 5.10 Å². The van der Waals surface area contributed by atoms with E-state index in [1.165, 1.54) is 0 Å². The Balaban J connectivity index is 3.04. The van der Waals surface area contributed by atoms with Crippen LogP contribution in [0.25, 0.3) is 0 Å². The molecule has 0 aliphatic carbocycles. The highest BCUT2D eigenvalue weighted by Gasteiger charge is 2.10. The second kappa shape index (κ2) is 1.99. The van der Waals surface area contributed by atoms with Gasteiger partial charge in [0.2, 0.25) is 0 Å². The number of nitrogens with zero attached hydrogens (tertiary/aromatic N) is 1. The van der Waals surface area contributed by atoms with Crippen molar-refractivity contribution in [2.24, 2.45) is 0 Å². The molecule has 0 aliphatic heterocycles. The van der Waals surface area contributed by atoms with Gasteiger partial charge in [0.1, 0.15) is 7.14 Å². The summed E-state index contributed by atoms with van der Waals surface area (Å²) < 4.78 is 11.2. The van der Waals surface area contributed by atoms with Crippen LogP contribution in [0.15, 0.2) is 12.4 Å². The number of aromatic nitrogens is 2. The van der Waals surface area contributed by atoms with Crippen molar-refractivity contribution in [2.75, 3.05) is 13.3 Å². The van der Waals surface area contributed by atoms with Gasteiger partial charge in [0.25, 0.3) is 0 Å². The molecule has 0 saturated heterocycles. The molecule has 0 radical (unpaired) electrons. The van der Waals surface area contributed by atoms with Crippen molar-refractivity contribution in [1.82, 2.24) is 10.2 Å². The summed E-state index contributed by atoms with van der Waals surface area (Å²) in [6.07, 6.45) is 3.27. The molecule has 1 heterocycles. The van der Waals surface area contributed by atoms with Crippen LogP contribution in [0.4, 0.5) is 0 Å². The van der Waals surface area contributed by atoms with Crippen molar-refractivity contribution in [1.29, 1.82) is 0 Å². The summed E-state index contributed by atoms with van der Waals surface area (Å²) in [5, 5.41) is 7.11. The second-order valence-corrected chi connectivity index (χ2v) is 5.53. The first-order chi connectivity index (χ1) is 4.11. The van der Waals surface area contributed by atoms with E-state index in [-0.39, 0.29) is 0 Å². The smallest absolute Gasteiger partial charge is 0.112 e. The maximum Gasteiger partial charge on any atom is 0.112 e. The molecule has 0 saturated carbocycles. The number of rotatable bonds is 1. The van der Waals surface area contributed by atoms with E-state index in [1.54, 1.807) is 25.7 Å². The third-order valence-electron chi connectivity index (χ3n) is 1.11. The van der Waals surface area contributed by atoms with E-state index in [2.05, 4.69) is 10.2 Å². The molecule has 0 unspecified atom stereocenters. The molecule has 1 aromatic rings. The third-order valence-corrected chi connectivity index (χ3v) is 2.59. The number of hydrogen-bond acceptors (Lipinski definition) is 2. The molecule has 0 aromatic carbocycles. The summed E-state index contributed by atoms with van der Waals surface area (Å²) in [5.74, 6) is 0. The van der Waals surface area contributed by atoms with Crippen molar-refractivity contribution in [3.05, 3.63) is 12.4 Å². The molecule has 0 aliphatic rings. The molecule has 0 bridgehead atoms. The molecule has 9 heavy (non-hydrogen) atoms. The Morgan fingerprint density at radius 3 is 2.56 bits per heavy atom. The summed E-state index contributed by atoms with van der Waals surface area (Å²) in [4.78, 5) is 0. The standard InChI is InChI=1S/C5H9N2OP/c1-9(2,8)5-3-6-7-4-5/h3-4H,1-2H3,(H,6,7). The van der Waals surface area contributed by atoms with Gasteiger partial charge in [0, 0.05) is 11.5 Å². The molecule has 0 spiro atoms. The van der Waals surface area contributed by atoms with Crippen LogP contribution in [0.2, 0.25) is 0 Å². The quantitative estimate of drug-likeness (QED) is 0.588. The molecule has 1 rings (SSSR count). The SMILES string of the molecule is CP(C)(=O)c1cn[nH]c1. The fraction of sp³-hybridized carbons (Fsp3) is 0.400.